The molecule has 2 N–H and O–H groups in total. The Kier molecular flexibility index (Phi) is 5.02. The van der Waals surface area contributed by atoms with E-state index in [1.165, 1.54) is 12.8 Å². The highest BCUT2D eigenvalue weighted by molar-refractivity contribution is 9.10. The molecule has 1 aromatic heterocycles. The molecular formula is C19H24BrN3O2. The summed E-state index contributed by atoms with van der Waals surface area (Å²) in [6, 6.07) is 9.80. The highest BCUT2D eigenvalue weighted by atomic mass is 79.9. The minimum atomic E-state index is -0.929. The van der Waals surface area contributed by atoms with Crippen LogP contribution >= 0.6 is 15.9 Å². The third-order valence-corrected chi connectivity index (χ3v) is 4.85. The van der Waals surface area contributed by atoms with Crippen LogP contribution in [0.25, 0.3) is 11.3 Å². The van der Waals surface area contributed by atoms with Crippen LogP contribution in [0.1, 0.15) is 44.1 Å². The second kappa shape index (κ2) is 6.92. The molecule has 3 rings (SSSR count). The van der Waals surface area contributed by atoms with Gasteiger partial charge in [-0.05, 0) is 57.7 Å². The first-order valence-corrected chi connectivity index (χ1v) is 9.39. The summed E-state index contributed by atoms with van der Waals surface area (Å²) in [6.45, 7) is 5.81. The van der Waals surface area contributed by atoms with E-state index in [1.807, 2.05) is 31.2 Å². The zero-order valence-electron chi connectivity index (χ0n) is 14.8. The number of hydrogen-bond acceptors (Lipinski definition) is 3. The quantitative estimate of drug-likeness (QED) is 0.770. The van der Waals surface area contributed by atoms with E-state index in [4.69, 9.17) is 0 Å². The van der Waals surface area contributed by atoms with Crippen LogP contribution in [-0.2, 0) is 6.54 Å². The Morgan fingerprint density at radius 3 is 2.76 bits per heavy atom. The molecule has 1 aliphatic carbocycles. The van der Waals surface area contributed by atoms with Crippen molar-refractivity contribution in [2.24, 2.45) is 5.92 Å². The van der Waals surface area contributed by atoms with Gasteiger partial charge in [-0.25, -0.2) is 0 Å². The van der Waals surface area contributed by atoms with E-state index in [2.05, 4.69) is 26.3 Å². The molecule has 1 amide bonds. The van der Waals surface area contributed by atoms with Crippen molar-refractivity contribution in [3.8, 4) is 11.3 Å². The Morgan fingerprint density at radius 1 is 1.44 bits per heavy atom. The number of carbonyl (C=O) groups excluding carboxylic acids is 1. The predicted octanol–water partition coefficient (Wildman–Crippen LogP) is 3.61. The largest absolute Gasteiger partial charge is 0.389 e. The van der Waals surface area contributed by atoms with Gasteiger partial charge in [0.1, 0.15) is 0 Å². The first-order chi connectivity index (χ1) is 11.7. The molecule has 5 nitrogen and oxygen atoms in total. The van der Waals surface area contributed by atoms with E-state index >= 15 is 0 Å². The van der Waals surface area contributed by atoms with Gasteiger partial charge in [-0.15, -0.1) is 0 Å². The summed E-state index contributed by atoms with van der Waals surface area (Å²) < 4.78 is 2.66. The van der Waals surface area contributed by atoms with E-state index in [-0.39, 0.29) is 11.9 Å². The van der Waals surface area contributed by atoms with Crippen LogP contribution in [0.15, 0.2) is 34.8 Å². The second-order valence-corrected chi connectivity index (χ2v) is 8.41. The molecule has 0 spiro atoms. The van der Waals surface area contributed by atoms with E-state index in [0.29, 0.717) is 18.2 Å². The monoisotopic (exact) mass is 405 g/mol. The maximum absolute atomic E-state index is 12.6. The fourth-order valence-electron chi connectivity index (χ4n) is 2.89. The minimum Gasteiger partial charge on any atom is -0.389 e. The van der Waals surface area contributed by atoms with Crippen LogP contribution in [0, 0.1) is 5.92 Å². The van der Waals surface area contributed by atoms with Gasteiger partial charge < -0.3 is 10.4 Å². The van der Waals surface area contributed by atoms with Crippen molar-refractivity contribution in [1.29, 1.82) is 0 Å². The molecular weight excluding hydrogens is 382 g/mol. The molecule has 0 aliphatic heterocycles. The molecule has 25 heavy (non-hydrogen) atoms. The lowest BCUT2D eigenvalue weighted by Crippen LogP contribution is -2.34. The summed E-state index contributed by atoms with van der Waals surface area (Å²) in [4.78, 5) is 12.6. The van der Waals surface area contributed by atoms with Crippen molar-refractivity contribution in [3.05, 3.63) is 40.5 Å². The zero-order chi connectivity index (χ0) is 18.2. The van der Waals surface area contributed by atoms with Gasteiger partial charge in [0.05, 0.1) is 17.8 Å². The van der Waals surface area contributed by atoms with Crippen LogP contribution in [0.2, 0.25) is 0 Å². The van der Waals surface area contributed by atoms with Gasteiger partial charge in [0.15, 0.2) is 5.69 Å². The van der Waals surface area contributed by atoms with Crippen molar-refractivity contribution in [2.45, 2.75) is 51.8 Å². The maximum Gasteiger partial charge on any atom is 0.272 e. The predicted molar refractivity (Wildman–Crippen MR) is 101 cm³/mol. The average molecular weight is 406 g/mol. The fraction of sp³-hybridized carbons (Fsp3) is 0.474. The summed E-state index contributed by atoms with van der Waals surface area (Å²) in [5, 5.41) is 17.7. The average Bonchev–Trinajstić information content (AvgIpc) is 3.27. The van der Waals surface area contributed by atoms with Crippen LogP contribution in [0.4, 0.5) is 0 Å². The normalized spacial score (nSPS) is 15.9. The Labute approximate surface area is 156 Å². The number of carbonyl (C=O) groups is 1. The van der Waals surface area contributed by atoms with Gasteiger partial charge in [0, 0.05) is 16.1 Å². The molecule has 1 heterocycles. The number of aromatic nitrogens is 2. The van der Waals surface area contributed by atoms with Crippen molar-refractivity contribution in [1.82, 2.24) is 15.1 Å². The Balaban J connectivity index is 1.92. The first-order valence-electron chi connectivity index (χ1n) is 8.60. The van der Waals surface area contributed by atoms with Crippen molar-refractivity contribution >= 4 is 21.8 Å². The van der Waals surface area contributed by atoms with E-state index in [1.54, 1.807) is 24.6 Å². The number of amides is 1. The minimum absolute atomic E-state index is 0.162. The third-order valence-electron chi connectivity index (χ3n) is 4.36. The SMILES string of the molecule is CC(NC(=O)c1cc(-c2cccc(Br)c2)n(CC(C)(C)O)n1)C1CC1. The summed E-state index contributed by atoms with van der Waals surface area (Å²) in [7, 11) is 0. The molecule has 1 aromatic carbocycles. The molecule has 1 aliphatic rings. The van der Waals surface area contributed by atoms with E-state index in [0.717, 1.165) is 15.7 Å². The maximum atomic E-state index is 12.6. The standard InChI is InChI=1S/C19H24BrN3O2/c1-12(13-7-8-13)21-18(24)16-10-17(14-5-4-6-15(20)9-14)23(22-16)11-19(2,3)25/h4-6,9-10,12-13,25H,7-8,11H2,1-3H3,(H,21,24). The number of hydrogen-bond donors (Lipinski definition) is 2. The van der Waals surface area contributed by atoms with Crippen molar-refractivity contribution in [3.63, 3.8) is 0 Å². The Hall–Kier alpha value is -1.66. The van der Waals surface area contributed by atoms with Gasteiger partial charge in [-0.2, -0.15) is 5.10 Å². The van der Waals surface area contributed by atoms with Gasteiger partial charge in [-0.3, -0.25) is 9.48 Å². The molecule has 1 fully saturated rings. The summed E-state index contributed by atoms with van der Waals surface area (Å²) in [6.07, 6.45) is 2.36. The number of nitrogens with one attached hydrogen (secondary N) is 1. The molecule has 1 atom stereocenters. The van der Waals surface area contributed by atoms with E-state index in [9.17, 15) is 9.90 Å². The second-order valence-electron chi connectivity index (χ2n) is 7.49. The summed E-state index contributed by atoms with van der Waals surface area (Å²) in [5.41, 5.74) is 1.21. The van der Waals surface area contributed by atoms with E-state index < -0.39 is 5.60 Å². The molecule has 1 unspecified atom stereocenters. The fourth-order valence-corrected chi connectivity index (χ4v) is 3.29. The smallest absolute Gasteiger partial charge is 0.272 e. The van der Waals surface area contributed by atoms with Crippen LogP contribution in [-0.4, -0.2) is 32.4 Å². The Bertz CT molecular complexity index is 775. The third kappa shape index (κ3) is 4.70. The lowest BCUT2D eigenvalue weighted by atomic mass is 10.1. The van der Waals surface area contributed by atoms with Crippen molar-refractivity contribution in [2.75, 3.05) is 0 Å². The zero-order valence-corrected chi connectivity index (χ0v) is 16.4. The van der Waals surface area contributed by atoms with Gasteiger partial charge in [0.2, 0.25) is 0 Å². The molecule has 134 valence electrons. The number of benzene rings is 1. The van der Waals surface area contributed by atoms with Crippen LogP contribution < -0.4 is 5.32 Å². The van der Waals surface area contributed by atoms with Gasteiger partial charge >= 0.3 is 0 Å². The first kappa shape index (κ1) is 18.1. The number of halogens is 1. The molecule has 2 aromatic rings. The van der Waals surface area contributed by atoms with Crippen molar-refractivity contribution < 1.29 is 9.90 Å². The molecule has 6 heteroatoms. The highest BCUT2D eigenvalue weighted by Crippen LogP contribution is 2.32. The van der Waals surface area contributed by atoms with Gasteiger partial charge in [0.25, 0.3) is 5.91 Å². The Morgan fingerprint density at radius 2 is 2.16 bits per heavy atom. The molecule has 1 saturated carbocycles. The topological polar surface area (TPSA) is 67.2 Å². The number of nitrogens with zero attached hydrogens (tertiary/aromatic N) is 2. The molecule has 0 bridgehead atoms. The lowest BCUT2D eigenvalue weighted by Gasteiger charge is -2.19. The number of aliphatic hydroxyl groups is 1. The van der Waals surface area contributed by atoms with Gasteiger partial charge in [-0.1, -0.05) is 28.1 Å². The lowest BCUT2D eigenvalue weighted by molar-refractivity contribution is 0.0579. The molecule has 0 saturated heterocycles. The van der Waals surface area contributed by atoms with Crippen LogP contribution in [0.5, 0.6) is 0 Å². The highest BCUT2D eigenvalue weighted by Gasteiger charge is 2.30. The summed E-state index contributed by atoms with van der Waals surface area (Å²) >= 11 is 3.48. The molecule has 0 radical (unpaired) electrons. The van der Waals surface area contributed by atoms with Crippen LogP contribution in [0.3, 0.4) is 0 Å². The summed E-state index contributed by atoms with van der Waals surface area (Å²) in [5.74, 6) is 0.428. The number of rotatable bonds is 6.